The monoisotopic (exact) mass is 452 g/mol. The fourth-order valence-corrected chi connectivity index (χ4v) is 3.10. The van der Waals surface area contributed by atoms with Gasteiger partial charge in [-0.2, -0.15) is 0 Å². The Morgan fingerprint density at radius 2 is 1.64 bits per heavy atom. The van der Waals surface area contributed by atoms with E-state index in [0.29, 0.717) is 35.8 Å². The summed E-state index contributed by atoms with van der Waals surface area (Å²) >= 11 is 0. The summed E-state index contributed by atoms with van der Waals surface area (Å²) in [6.45, 7) is -0.0375. The van der Waals surface area contributed by atoms with Crippen LogP contribution < -0.4 is 20.1 Å². The molecule has 3 aromatic rings. The predicted octanol–water partition coefficient (Wildman–Crippen LogP) is 4.10. The first kappa shape index (κ1) is 23.6. The molecule has 0 bridgehead atoms. The lowest BCUT2D eigenvalue weighted by atomic mass is 10.1. The number of ether oxygens (including phenoxy) is 3. The van der Waals surface area contributed by atoms with Crippen LogP contribution in [0.4, 0.5) is 15.8 Å². The highest BCUT2D eigenvalue weighted by molar-refractivity contribution is 5.97. The van der Waals surface area contributed by atoms with Gasteiger partial charge in [0.15, 0.2) is 18.1 Å². The number of hydrogen-bond donors (Lipinski definition) is 2. The molecule has 7 nitrogen and oxygen atoms in total. The molecule has 0 saturated carbocycles. The number of methoxy groups -OCH3 is 2. The van der Waals surface area contributed by atoms with Crippen LogP contribution in [0.3, 0.4) is 0 Å². The van der Waals surface area contributed by atoms with Gasteiger partial charge in [-0.3, -0.25) is 4.79 Å². The molecule has 1 amide bonds. The summed E-state index contributed by atoms with van der Waals surface area (Å²) < 4.78 is 28.8. The number of anilines is 2. The molecular formula is C25H25FN2O5. The molecule has 0 heterocycles. The van der Waals surface area contributed by atoms with E-state index in [1.165, 1.54) is 12.1 Å². The van der Waals surface area contributed by atoms with Gasteiger partial charge in [-0.15, -0.1) is 0 Å². The highest BCUT2D eigenvalue weighted by Gasteiger charge is 2.14. The number of halogens is 1. The first-order valence-electron chi connectivity index (χ1n) is 10.3. The van der Waals surface area contributed by atoms with E-state index in [2.05, 4.69) is 10.6 Å². The number of carbonyl (C=O) groups excluding carboxylic acids is 2. The van der Waals surface area contributed by atoms with Crippen molar-refractivity contribution >= 4 is 23.3 Å². The summed E-state index contributed by atoms with van der Waals surface area (Å²) in [6, 6.07) is 18.0. The van der Waals surface area contributed by atoms with Crippen molar-refractivity contribution in [1.82, 2.24) is 5.32 Å². The van der Waals surface area contributed by atoms with Gasteiger partial charge in [0.25, 0.3) is 5.91 Å². The van der Waals surface area contributed by atoms with Crippen molar-refractivity contribution in [2.24, 2.45) is 0 Å². The van der Waals surface area contributed by atoms with Crippen LogP contribution in [0.2, 0.25) is 0 Å². The van der Waals surface area contributed by atoms with Crippen LogP contribution in [0.1, 0.15) is 15.9 Å². The highest BCUT2D eigenvalue weighted by atomic mass is 19.1. The zero-order valence-corrected chi connectivity index (χ0v) is 18.4. The van der Waals surface area contributed by atoms with Gasteiger partial charge in [-0.25, -0.2) is 9.18 Å². The van der Waals surface area contributed by atoms with Gasteiger partial charge in [0, 0.05) is 12.2 Å². The number of para-hydroxylation sites is 1. The Balaban J connectivity index is 1.49. The molecule has 0 aliphatic heterocycles. The van der Waals surface area contributed by atoms with Gasteiger partial charge >= 0.3 is 5.97 Å². The Bertz CT molecular complexity index is 1100. The van der Waals surface area contributed by atoms with Crippen LogP contribution in [-0.4, -0.2) is 39.2 Å². The molecule has 0 atom stereocenters. The molecule has 172 valence electrons. The van der Waals surface area contributed by atoms with Crippen molar-refractivity contribution in [2.75, 3.05) is 32.7 Å². The molecule has 0 radical (unpaired) electrons. The minimum Gasteiger partial charge on any atom is -0.493 e. The molecule has 3 rings (SSSR count). The first-order valence-corrected chi connectivity index (χ1v) is 10.3. The molecule has 0 unspecified atom stereocenters. The molecule has 0 aromatic heterocycles. The van der Waals surface area contributed by atoms with E-state index in [1.54, 1.807) is 56.7 Å². The molecule has 0 fully saturated rings. The Kier molecular flexibility index (Phi) is 8.24. The van der Waals surface area contributed by atoms with E-state index in [-0.39, 0.29) is 11.4 Å². The number of carbonyl (C=O) groups is 2. The van der Waals surface area contributed by atoms with Crippen molar-refractivity contribution < 1.29 is 28.2 Å². The largest absolute Gasteiger partial charge is 0.493 e. The van der Waals surface area contributed by atoms with Gasteiger partial charge in [0.2, 0.25) is 0 Å². The summed E-state index contributed by atoms with van der Waals surface area (Å²) in [5.41, 5.74) is 2.33. The molecule has 0 aliphatic carbocycles. The van der Waals surface area contributed by atoms with Crippen LogP contribution in [0.25, 0.3) is 0 Å². The number of nitrogens with one attached hydrogen (secondary N) is 2. The van der Waals surface area contributed by atoms with Crippen LogP contribution in [0.15, 0.2) is 66.7 Å². The molecule has 33 heavy (non-hydrogen) atoms. The maximum atomic E-state index is 13.1. The zero-order chi connectivity index (χ0) is 23.6. The standard InChI is InChI=1S/C25H25FN2O5/c1-31-22-12-7-17(15-23(22)32-2)13-14-27-24(29)16-33-25(30)20-5-3-4-6-21(20)28-19-10-8-18(26)9-11-19/h3-12,15,28H,13-14,16H2,1-2H3,(H,27,29). The van der Waals surface area contributed by atoms with Gasteiger partial charge in [0.1, 0.15) is 5.82 Å². The van der Waals surface area contributed by atoms with Crippen molar-refractivity contribution in [2.45, 2.75) is 6.42 Å². The number of hydrogen-bond acceptors (Lipinski definition) is 6. The maximum absolute atomic E-state index is 13.1. The average Bonchev–Trinajstić information content (AvgIpc) is 2.84. The lowest BCUT2D eigenvalue weighted by Crippen LogP contribution is -2.30. The van der Waals surface area contributed by atoms with E-state index in [0.717, 1.165) is 5.56 Å². The molecule has 0 saturated heterocycles. The quantitative estimate of drug-likeness (QED) is 0.451. The van der Waals surface area contributed by atoms with E-state index in [9.17, 15) is 14.0 Å². The van der Waals surface area contributed by atoms with E-state index in [1.807, 2.05) is 12.1 Å². The average molecular weight is 452 g/mol. The minimum absolute atomic E-state index is 0.264. The van der Waals surface area contributed by atoms with Crippen molar-refractivity contribution in [3.63, 3.8) is 0 Å². The molecule has 0 aliphatic rings. The Labute approximate surface area is 191 Å². The minimum atomic E-state index is -0.643. The Morgan fingerprint density at radius 1 is 0.909 bits per heavy atom. The molecule has 3 aromatic carbocycles. The predicted molar refractivity (Wildman–Crippen MR) is 123 cm³/mol. The molecule has 8 heteroatoms. The molecule has 2 N–H and O–H groups in total. The van der Waals surface area contributed by atoms with Crippen LogP contribution in [0.5, 0.6) is 11.5 Å². The third-order valence-electron chi connectivity index (χ3n) is 4.79. The number of benzene rings is 3. The normalized spacial score (nSPS) is 10.3. The van der Waals surface area contributed by atoms with Gasteiger partial charge in [0.05, 0.1) is 25.5 Å². The first-order chi connectivity index (χ1) is 16.0. The smallest absolute Gasteiger partial charge is 0.340 e. The summed E-state index contributed by atoms with van der Waals surface area (Å²) in [5, 5.41) is 5.78. The van der Waals surface area contributed by atoms with Crippen LogP contribution in [0, 0.1) is 5.82 Å². The van der Waals surface area contributed by atoms with E-state index >= 15 is 0 Å². The van der Waals surface area contributed by atoms with Gasteiger partial charge in [-0.05, 0) is 60.5 Å². The third-order valence-corrected chi connectivity index (χ3v) is 4.79. The van der Waals surface area contributed by atoms with E-state index < -0.39 is 18.5 Å². The fraction of sp³-hybridized carbons (Fsp3) is 0.200. The summed E-state index contributed by atoms with van der Waals surface area (Å²) in [7, 11) is 3.13. The van der Waals surface area contributed by atoms with Gasteiger partial charge in [-0.1, -0.05) is 18.2 Å². The summed E-state index contributed by atoms with van der Waals surface area (Å²) in [4.78, 5) is 24.6. The topological polar surface area (TPSA) is 85.9 Å². The Morgan fingerprint density at radius 3 is 2.36 bits per heavy atom. The zero-order valence-electron chi connectivity index (χ0n) is 18.4. The van der Waals surface area contributed by atoms with Crippen molar-refractivity contribution in [3.8, 4) is 11.5 Å². The lowest BCUT2D eigenvalue weighted by Gasteiger charge is -2.12. The fourth-order valence-electron chi connectivity index (χ4n) is 3.10. The van der Waals surface area contributed by atoms with Crippen molar-refractivity contribution in [3.05, 3.63) is 83.7 Å². The number of rotatable bonds is 10. The van der Waals surface area contributed by atoms with Crippen molar-refractivity contribution in [1.29, 1.82) is 0 Å². The second kappa shape index (κ2) is 11.5. The molecule has 0 spiro atoms. The molecular weight excluding hydrogens is 427 g/mol. The second-order valence-electron chi connectivity index (χ2n) is 7.04. The van der Waals surface area contributed by atoms with Crippen LogP contribution >= 0.6 is 0 Å². The summed E-state index contributed by atoms with van der Waals surface area (Å²) in [5.74, 6) is -0.164. The number of esters is 1. The maximum Gasteiger partial charge on any atom is 0.340 e. The SMILES string of the molecule is COc1ccc(CCNC(=O)COC(=O)c2ccccc2Nc2ccc(F)cc2)cc1OC. The highest BCUT2D eigenvalue weighted by Crippen LogP contribution is 2.27. The second-order valence-corrected chi connectivity index (χ2v) is 7.04. The van der Waals surface area contributed by atoms with Gasteiger partial charge < -0.3 is 24.8 Å². The summed E-state index contributed by atoms with van der Waals surface area (Å²) in [6.07, 6.45) is 0.574. The lowest BCUT2D eigenvalue weighted by molar-refractivity contribution is -0.124. The Hall–Kier alpha value is -4.07. The number of amides is 1. The van der Waals surface area contributed by atoms with Crippen LogP contribution in [-0.2, 0) is 16.0 Å². The third kappa shape index (κ3) is 6.70. The van der Waals surface area contributed by atoms with E-state index in [4.69, 9.17) is 14.2 Å².